The Morgan fingerprint density at radius 3 is 2.29 bits per heavy atom. The smallest absolute Gasteiger partial charge is 0.243 e. The summed E-state index contributed by atoms with van der Waals surface area (Å²) >= 11 is 5.18. The number of piperazine rings is 1. The first-order valence-electron chi connectivity index (χ1n) is 6.90. The SMILES string of the molecule is CNC(=S)N1CCN(S(=O)(=O)c2ccc(C)c(C)c2)CC1. The third-order valence-corrected chi connectivity index (χ3v) is 6.21. The van der Waals surface area contributed by atoms with Gasteiger partial charge in [-0.15, -0.1) is 0 Å². The molecule has 1 N–H and O–H groups in total. The predicted octanol–water partition coefficient (Wildman–Crippen LogP) is 1.11. The van der Waals surface area contributed by atoms with Crippen LogP contribution in [-0.4, -0.2) is 56.0 Å². The molecule has 1 aliphatic rings. The molecule has 1 heterocycles. The van der Waals surface area contributed by atoms with Gasteiger partial charge < -0.3 is 10.2 Å². The third kappa shape index (κ3) is 3.36. The molecular formula is C14H21N3O2S2. The van der Waals surface area contributed by atoms with Crippen LogP contribution < -0.4 is 5.32 Å². The lowest BCUT2D eigenvalue weighted by molar-refractivity contribution is 0.265. The van der Waals surface area contributed by atoms with E-state index in [1.165, 1.54) is 4.31 Å². The highest BCUT2D eigenvalue weighted by molar-refractivity contribution is 7.89. The van der Waals surface area contributed by atoms with Gasteiger partial charge in [0.25, 0.3) is 0 Å². The minimum absolute atomic E-state index is 0.371. The van der Waals surface area contributed by atoms with Gasteiger partial charge >= 0.3 is 0 Å². The van der Waals surface area contributed by atoms with Crippen molar-refractivity contribution in [2.45, 2.75) is 18.7 Å². The van der Waals surface area contributed by atoms with E-state index in [1.807, 2.05) is 24.8 Å². The van der Waals surface area contributed by atoms with Crippen LogP contribution in [0.4, 0.5) is 0 Å². The van der Waals surface area contributed by atoms with Crippen molar-refractivity contribution in [3.05, 3.63) is 29.3 Å². The lowest BCUT2D eigenvalue weighted by Gasteiger charge is -2.35. The van der Waals surface area contributed by atoms with Gasteiger partial charge in [0, 0.05) is 33.2 Å². The number of hydrogen-bond donors (Lipinski definition) is 1. The fraction of sp³-hybridized carbons (Fsp3) is 0.500. The Morgan fingerprint density at radius 1 is 1.14 bits per heavy atom. The van der Waals surface area contributed by atoms with Gasteiger partial charge in [-0.1, -0.05) is 6.07 Å². The summed E-state index contributed by atoms with van der Waals surface area (Å²) in [6.07, 6.45) is 0. The summed E-state index contributed by atoms with van der Waals surface area (Å²) in [6.45, 7) is 6.04. The van der Waals surface area contributed by atoms with E-state index in [-0.39, 0.29) is 0 Å². The van der Waals surface area contributed by atoms with Crippen LogP contribution in [-0.2, 0) is 10.0 Å². The summed E-state index contributed by atoms with van der Waals surface area (Å²) in [5.41, 5.74) is 2.09. The predicted molar refractivity (Wildman–Crippen MR) is 87.9 cm³/mol. The lowest BCUT2D eigenvalue weighted by Crippen LogP contribution is -2.52. The second-order valence-electron chi connectivity index (χ2n) is 5.19. The maximum Gasteiger partial charge on any atom is 0.243 e. The zero-order valence-electron chi connectivity index (χ0n) is 12.6. The number of hydrogen-bond acceptors (Lipinski definition) is 3. The third-order valence-electron chi connectivity index (χ3n) is 3.86. The van der Waals surface area contributed by atoms with Crippen molar-refractivity contribution in [3.63, 3.8) is 0 Å². The van der Waals surface area contributed by atoms with Crippen molar-refractivity contribution in [1.29, 1.82) is 0 Å². The van der Waals surface area contributed by atoms with Crippen molar-refractivity contribution >= 4 is 27.4 Å². The van der Waals surface area contributed by atoms with Crippen molar-refractivity contribution in [2.75, 3.05) is 33.2 Å². The average molecular weight is 327 g/mol. The zero-order chi connectivity index (χ0) is 15.6. The molecule has 1 aliphatic heterocycles. The molecule has 5 nitrogen and oxygen atoms in total. The number of sulfonamides is 1. The van der Waals surface area contributed by atoms with E-state index < -0.39 is 10.0 Å². The Morgan fingerprint density at radius 2 is 1.76 bits per heavy atom. The molecule has 116 valence electrons. The van der Waals surface area contributed by atoms with Crippen LogP contribution in [0.2, 0.25) is 0 Å². The number of aryl methyl sites for hydroxylation is 2. The van der Waals surface area contributed by atoms with E-state index >= 15 is 0 Å². The number of rotatable bonds is 2. The fourth-order valence-corrected chi connectivity index (χ4v) is 4.00. The summed E-state index contributed by atoms with van der Waals surface area (Å²) in [4.78, 5) is 2.36. The van der Waals surface area contributed by atoms with Gasteiger partial charge in [0.15, 0.2) is 5.11 Å². The Hall–Kier alpha value is -1.18. The molecule has 1 saturated heterocycles. The molecule has 0 aliphatic carbocycles. The van der Waals surface area contributed by atoms with Crippen LogP contribution in [0, 0.1) is 13.8 Å². The average Bonchev–Trinajstić information content (AvgIpc) is 2.49. The first-order valence-corrected chi connectivity index (χ1v) is 8.75. The molecule has 0 unspecified atom stereocenters. The Labute approximate surface area is 132 Å². The Bertz CT molecular complexity index is 636. The number of thiocarbonyl (C=S) groups is 1. The molecule has 0 saturated carbocycles. The summed E-state index contributed by atoms with van der Waals surface area (Å²) < 4.78 is 26.8. The minimum Gasteiger partial charge on any atom is -0.366 e. The normalized spacial score (nSPS) is 16.8. The molecular weight excluding hydrogens is 306 g/mol. The van der Waals surface area contributed by atoms with Crippen LogP contribution in [0.25, 0.3) is 0 Å². The second-order valence-corrected chi connectivity index (χ2v) is 7.52. The summed E-state index contributed by atoms with van der Waals surface area (Å²) in [5.74, 6) is 0. The molecule has 1 aromatic rings. The molecule has 0 aromatic heterocycles. The van der Waals surface area contributed by atoms with E-state index in [4.69, 9.17) is 12.2 Å². The van der Waals surface area contributed by atoms with Gasteiger partial charge in [0.05, 0.1) is 4.90 Å². The minimum atomic E-state index is -3.41. The van der Waals surface area contributed by atoms with Crippen molar-refractivity contribution in [1.82, 2.24) is 14.5 Å². The lowest BCUT2D eigenvalue weighted by atomic mass is 10.1. The highest BCUT2D eigenvalue weighted by Crippen LogP contribution is 2.20. The van der Waals surface area contributed by atoms with E-state index in [0.717, 1.165) is 11.1 Å². The zero-order valence-corrected chi connectivity index (χ0v) is 14.2. The van der Waals surface area contributed by atoms with Crippen LogP contribution in [0.5, 0.6) is 0 Å². The van der Waals surface area contributed by atoms with Gasteiger partial charge in [-0.2, -0.15) is 4.31 Å². The van der Waals surface area contributed by atoms with Crippen LogP contribution in [0.1, 0.15) is 11.1 Å². The summed E-state index contributed by atoms with van der Waals surface area (Å²) in [5, 5.41) is 3.59. The van der Waals surface area contributed by atoms with Crippen molar-refractivity contribution in [3.8, 4) is 0 Å². The molecule has 21 heavy (non-hydrogen) atoms. The molecule has 7 heteroatoms. The van der Waals surface area contributed by atoms with E-state index in [0.29, 0.717) is 36.2 Å². The second kappa shape index (κ2) is 6.29. The van der Waals surface area contributed by atoms with Gasteiger partial charge in [-0.3, -0.25) is 0 Å². The first kappa shape index (κ1) is 16.2. The maximum atomic E-state index is 12.7. The quantitative estimate of drug-likeness (QED) is 0.825. The molecule has 0 bridgehead atoms. The highest BCUT2D eigenvalue weighted by atomic mass is 32.2. The molecule has 0 spiro atoms. The molecule has 0 amide bonds. The van der Waals surface area contributed by atoms with Crippen LogP contribution in [0.15, 0.2) is 23.1 Å². The summed E-state index contributed by atoms with van der Waals surface area (Å²) in [6, 6.07) is 5.28. The summed E-state index contributed by atoms with van der Waals surface area (Å²) in [7, 11) is -1.64. The van der Waals surface area contributed by atoms with Crippen molar-refractivity contribution < 1.29 is 8.42 Å². The largest absolute Gasteiger partial charge is 0.366 e. The van der Waals surface area contributed by atoms with Gasteiger partial charge in [0.2, 0.25) is 10.0 Å². The Kier molecular flexibility index (Phi) is 4.85. The van der Waals surface area contributed by atoms with Crippen molar-refractivity contribution in [2.24, 2.45) is 0 Å². The standard InChI is InChI=1S/C14H21N3O2S2/c1-11-4-5-13(10-12(11)2)21(18,19)17-8-6-16(7-9-17)14(20)15-3/h4-5,10H,6-9H2,1-3H3,(H,15,20). The van der Waals surface area contributed by atoms with Gasteiger partial charge in [-0.05, 0) is 49.3 Å². The number of nitrogens with zero attached hydrogens (tertiary/aromatic N) is 2. The molecule has 1 fully saturated rings. The number of benzene rings is 1. The topological polar surface area (TPSA) is 52.6 Å². The van der Waals surface area contributed by atoms with E-state index in [9.17, 15) is 8.42 Å². The molecule has 0 atom stereocenters. The maximum absolute atomic E-state index is 12.7. The molecule has 0 radical (unpaired) electrons. The van der Waals surface area contributed by atoms with Crippen LogP contribution >= 0.6 is 12.2 Å². The van der Waals surface area contributed by atoms with Gasteiger partial charge in [-0.25, -0.2) is 8.42 Å². The fourth-order valence-electron chi connectivity index (χ4n) is 2.31. The van der Waals surface area contributed by atoms with Crippen LogP contribution in [0.3, 0.4) is 0 Å². The van der Waals surface area contributed by atoms with E-state index in [2.05, 4.69) is 5.32 Å². The van der Waals surface area contributed by atoms with E-state index in [1.54, 1.807) is 19.2 Å². The van der Waals surface area contributed by atoms with Gasteiger partial charge in [0.1, 0.15) is 0 Å². The highest BCUT2D eigenvalue weighted by Gasteiger charge is 2.29. The molecule has 1 aromatic carbocycles. The monoisotopic (exact) mass is 327 g/mol. The molecule has 2 rings (SSSR count). The number of nitrogens with one attached hydrogen (secondary N) is 1. The first-order chi connectivity index (χ1) is 9.86. The Balaban J connectivity index is 2.14.